The second kappa shape index (κ2) is 10.9. The number of carbonyl (C=O) groups is 1. The van der Waals surface area contributed by atoms with Gasteiger partial charge in [-0.3, -0.25) is 14.9 Å². The number of nitriles is 1. The Morgan fingerprint density at radius 3 is 2.55 bits per heavy atom. The van der Waals surface area contributed by atoms with Crippen molar-refractivity contribution in [1.29, 1.82) is 5.26 Å². The molecule has 3 rings (SSSR count). The van der Waals surface area contributed by atoms with Crippen LogP contribution in [0.15, 0.2) is 76.8 Å². The average molecular weight is 508 g/mol. The minimum absolute atomic E-state index is 0.00270. The van der Waals surface area contributed by atoms with Crippen LogP contribution in [-0.2, 0) is 11.4 Å². The van der Waals surface area contributed by atoms with E-state index in [2.05, 4.69) is 21.2 Å². The highest BCUT2D eigenvalue weighted by atomic mass is 79.9. The van der Waals surface area contributed by atoms with Gasteiger partial charge in [-0.25, -0.2) is 0 Å². The van der Waals surface area contributed by atoms with Crippen LogP contribution in [0, 0.1) is 21.4 Å². The molecular formula is C24H18BrN3O5. The molecule has 0 bridgehead atoms. The zero-order valence-corrected chi connectivity index (χ0v) is 19.0. The Labute approximate surface area is 198 Å². The maximum Gasteiger partial charge on any atom is 0.292 e. The molecule has 0 radical (unpaired) electrons. The molecule has 0 aliphatic heterocycles. The molecule has 0 spiro atoms. The molecule has 0 unspecified atom stereocenters. The molecule has 8 nitrogen and oxygen atoms in total. The lowest BCUT2D eigenvalue weighted by molar-refractivity contribution is -0.383. The number of anilines is 1. The summed E-state index contributed by atoms with van der Waals surface area (Å²) in [6.07, 6.45) is 1.37. The van der Waals surface area contributed by atoms with Crippen molar-refractivity contribution in [2.45, 2.75) is 6.61 Å². The van der Waals surface area contributed by atoms with Gasteiger partial charge in [-0.1, -0.05) is 46.3 Å². The topological polar surface area (TPSA) is 114 Å². The lowest BCUT2D eigenvalue weighted by Crippen LogP contribution is -2.14. The zero-order valence-electron chi connectivity index (χ0n) is 17.4. The predicted molar refractivity (Wildman–Crippen MR) is 127 cm³/mol. The second-order valence-electron chi connectivity index (χ2n) is 6.72. The normalized spacial score (nSPS) is 10.8. The molecule has 1 N–H and O–H groups in total. The first kappa shape index (κ1) is 23.5. The maximum atomic E-state index is 12.5. The van der Waals surface area contributed by atoms with Crippen LogP contribution in [0.5, 0.6) is 11.5 Å². The number of para-hydroxylation sites is 2. The Balaban J connectivity index is 1.78. The molecule has 0 aliphatic carbocycles. The van der Waals surface area contributed by atoms with Crippen molar-refractivity contribution < 1.29 is 19.2 Å². The van der Waals surface area contributed by atoms with Crippen molar-refractivity contribution in [2.75, 3.05) is 12.4 Å². The highest BCUT2D eigenvalue weighted by molar-refractivity contribution is 9.10. The van der Waals surface area contributed by atoms with Gasteiger partial charge in [0.25, 0.3) is 11.6 Å². The van der Waals surface area contributed by atoms with Gasteiger partial charge in [0.05, 0.1) is 12.0 Å². The molecule has 0 saturated heterocycles. The molecule has 0 heterocycles. The second-order valence-corrected chi connectivity index (χ2v) is 7.64. The fraction of sp³-hybridized carbons (Fsp3) is 0.0833. The molecule has 0 aliphatic rings. The summed E-state index contributed by atoms with van der Waals surface area (Å²) in [6.45, 7) is 0.334. The Bertz CT molecular complexity index is 1250. The molecular weight excluding hydrogens is 490 g/mol. The van der Waals surface area contributed by atoms with Gasteiger partial charge in [0.1, 0.15) is 23.9 Å². The lowest BCUT2D eigenvalue weighted by Gasteiger charge is -2.12. The number of hydrogen-bond donors (Lipinski definition) is 1. The SMILES string of the molecule is COc1cc(/C=C(/C#N)C(=O)Nc2ccccc2[N+](=O)[O-])ccc1OCc1ccc(Br)cc1. The van der Waals surface area contributed by atoms with E-state index in [0.29, 0.717) is 23.7 Å². The molecule has 1 amide bonds. The van der Waals surface area contributed by atoms with Crippen molar-refractivity contribution in [1.82, 2.24) is 0 Å². The van der Waals surface area contributed by atoms with Gasteiger partial charge in [0.15, 0.2) is 11.5 Å². The van der Waals surface area contributed by atoms with E-state index in [1.54, 1.807) is 24.3 Å². The summed E-state index contributed by atoms with van der Waals surface area (Å²) in [6, 6.07) is 20.2. The fourth-order valence-electron chi connectivity index (χ4n) is 2.88. The van der Waals surface area contributed by atoms with Gasteiger partial charge >= 0.3 is 0 Å². The smallest absolute Gasteiger partial charge is 0.292 e. The predicted octanol–water partition coefficient (Wildman–Crippen LogP) is 5.49. The molecule has 0 aromatic heterocycles. The van der Waals surface area contributed by atoms with Crippen LogP contribution in [0.25, 0.3) is 6.08 Å². The number of nitrogens with zero attached hydrogens (tertiary/aromatic N) is 2. The molecule has 166 valence electrons. The van der Waals surface area contributed by atoms with Crippen LogP contribution >= 0.6 is 15.9 Å². The van der Waals surface area contributed by atoms with Crippen molar-refractivity contribution >= 4 is 39.3 Å². The highest BCUT2D eigenvalue weighted by Gasteiger charge is 2.17. The number of amides is 1. The van der Waals surface area contributed by atoms with Crippen LogP contribution in [0.1, 0.15) is 11.1 Å². The minimum Gasteiger partial charge on any atom is -0.493 e. The van der Waals surface area contributed by atoms with E-state index < -0.39 is 10.8 Å². The van der Waals surface area contributed by atoms with Crippen LogP contribution in [-0.4, -0.2) is 17.9 Å². The molecule has 0 atom stereocenters. The standard InChI is InChI=1S/C24H18BrN3O5/c1-32-23-13-17(8-11-22(23)33-15-16-6-9-19(25)10-7-16)12-18(14-26)24(29)27-20-4-2-3-5-21(20)28(30)31/h2-13H,15H2,1H3,(H,27,29)/b18-12-. The largest absolute Gasteiger partial charge is 0.493 e. The summed E-state index contributed by atoms with van der Waals surface area (Å²) >= 11 is 3.39. The summed E-state index contributed by atoms with van der Waals surface area (Å²) in [5.41, 5.74) is 1.01. The summed E-state index contributed by atoms with van der Waals surface area (Å²) in [5, 5.41) is 23.0. The van der Waals surface area contributed by atoms with Crippen LogP contribution < -0.4 is 14.8 Å². The first-order chi connectivity index (χ1) is 15.9. The number of rotatable bonds is 8. The van der Waals surface area contributed by atoms with Crippen molar-refractivity contribution in [3.63, 3.8) is 0 Å². The number of carbonyl (C=O) groups excluding carboxylic acids is 1. The van der Waals surface area contributed by atoms with E-state index in [0.717, 1.165) is 10.0 Å². The molecule has 33 heavy (non-hydrogen) atoms. The van der Waals surface area contributed by atoms with E-state index in [1.807, 2.05) is 30.3 Å². The number of benzene rings is 3. The molecule has 3 aromatic rings. The van der Waals surface area contributed by atoms with Crippen molar-refractivity contribution in [3.8, 4) is 17.6 Å². The molecule has 0 fully saturated rings. The van der Waals surface area contributed by atoms with Gasteiger partial charge < -0.3 is 14.8 Å². The third kappa shape index (κ3) is 6.18. The third-order valence-corrected chi connectivity index (χ3v) is 5.05. The van der Waals surface area contributed by atoms with Gasteiger partial charge in [-0.2, -0.15) is 5.26 Å². The minimum atomic E-state index is -0.763. The van der Waals surface area contributed by atoms with Gasteiger partial charge in [-0.05, 0) is 47.5 Å². The maximum absolute atomic E-state index is 12.5. The van der Waals surface area contributed by atoms with E-state index in [9.17, 15) is 20.2 Å². The molecule has 0 saturated carbocycles. The number of nitro benzene ring substituents is 1. The Morgan fingerprint density at radius 2 is 1.88 bits per heavy atom. The van der Waals surface area contributed by atoms with Crippen molar-refractivity contribution in [2.24, 2.45) is 0 Å². The van der Waals surface area contributed by atoms with Crippen LogP contribution in [0.3, 0.4) is 0 Å². The van der Waals surface area contributed by atoms with Gasteiger partial charge in [0, 0.05) is 10.5 Å². The van der Waals surface area contributed by atoms with E-state index in [4.69, 9.17) is 9.47 Å². The van der Waals surface area contributed by atoms with Gasteiger partial charge in [0.2, 0.25) is 0 Å². The highest BCUT2D eigenvalue weighted by Crippen LogP contribution is 2.30. The Hall–Kier alpha value is -4.16. The average Bonchev–Trinajstić information content (AvgIpc) is 2.82. The summed E-state index contributed by atoms with van der Waals surface area (Å²) in [4.78, 5) is 23.1. The van der Waals surface area contributed by atoms with E-state index in [-0.39, 0.29) is 16.9 Å². The summed E-state index contributed by atoms with van der Waals surface area (Å²) < 4.78 is 12.2. The van der Waals surface area contributed by atoms with Crippen molar-refractivity contribution in [3.05, 3.63) is 98.0 Å². The van der Waals surface area contributed by atoms with Gasteiger partial charge in [-0.15, -0.1) is 0 Å². The number of nitrogens with one attached hydrogen (secondary N) is 1. The fourth-order valence-corrected chi connectivity index (χ4v) is 3.14. The third-order valence-electron chi connectivity index (χ3n) is 4.52. The Morgan fingerprint density at radius 1 is 1.15 bits per heavy atom. The van der Waals surface area contributed by atoms with Crippen LogP contribution in [0.4, 0.5) is 11.4 Å². The first-order valence-electron chi connectivity index (χ1n) is 9.63. The monoisotopic (exact) mass is 507 g/mol. The van der Waals surface area contributed by atoms with E-state index >= 15 is 0 Å². The number of halogens is 1. The first-order valence-corrected chi connectivity index (χ1v) is 10.4. The van der Waals surface area contributed by atoms with Crippen LogP contribution in [0.2, 0.25) is 0 Å². The molecule has 9 heteroatoms. The Kier molecular flexibility index (Phi) is 7.78. The lowest BCUT2D eigenvalue weighted by atomic mass is 10.1. The number of ether oxygens (including phenoxy) is 2. The summed E-state index contributed by atoms with van der Waals surface area (Å²) in [5.74, 6) is 0.166. The molecule has 3 aromatic carbocycles. The van der Waals surface area contributed by atoms with E-state index in [1.165, 1.54) is 31.4 Å². The summed E-state index contributed by atoms with van der Waals surface area (Å²) in [7, 11) is 1.49. The number of nitro groups is 1. The zero-order chi connectivity index (χ0) is 23.8. The number of hydrogen-bond acceptors (Lipinski definition) is 6. The number of methoxy groups -OCH3 is 1. The quantitative estimate of drug-likeness (QED) is 0.186.